The number of rotatable bonds is 6. The Labute approximate surface area is 161 Å². The smallest absolute Gasteiger partial charge is 1.00 e. The molecule has 1 aliphatic rings. The maximum absolute atomic E-state index is 11.9. The summed E-state index contributed by atoms with van der Waals surface area (Å²) >= 11 is 0. The fourth-order valence-electron chi connectivity index (χ4n) is 2.47. The molecule has 1 fully saturated rings. The molecule has 21 heavy (non-hydrogen) atoms. The maximum atomic E-state index is 11.9. The van der Waals surface area contributed by atoms with E-state index in [2.05, 4.69) is 19.6 Å². The number of ether oxygens (including phenoxy) is 1. The zero-order valence-electron chi connectivity index (χ0n) is 15.4. The summed E-state index contributed by atoms with van der Waals surface area (Å²) < 4.78 is 5.26. The summed E-state index contributed by atoms with van der Waals surface area (Å²) in [6.45, 7) is 7.14. The summed E-state index contributed by atoms with van der Waals surface area (Å²) in [6.07, 6.45) is 2.61. The predicted molar refractivity (Wildman–Crippen MR) is 88.1 cm³/mol. The van der Waals surface area contributed by atoms with Crippen LogP contribution < -0.4 is 5.73 Å². The molecule has 0 saturated heterocycles. The van der Waals surface area contributed by atoms with Crippen LogP contribution in [0.5, 0.6) is 0 Å². The van der Waals surface area contributed by atoms with Gasteiger partial charge < -0.3 is 18.4 Å². The van der Waals surface area contributed by atoms with Gasteiger partial charge in [0.2, 0.25) is 0 Å². The van der Waals surface area contributed by atoms with Crippen molar-refractivity contribution in [3.8, 4) is 0 Å². The summed E-state index contributed by atoms with van der Waals surface area (Å²) in [4.78, 5) is 22.8. The summed E-state index contributed by atoms with van der Waals surface area (Å²) in [5, 5.41) is 8.95. The Morgan fingerprint density at radius 2 is 1.81 bits per heavy atom. The van der Waals surface area contributed by atoms with Crippen molar-refractivity contribution in [2.24, 2.45) is 17.6 Å². The van der Waals surface area contributed by atoms with E-state index in [0.717, 1.165) is 6.04 Å². The summed E-state index contributed by atoms with van der Waals surface area (Å²) in [5.74, 6) is -1.29. The zero-order valence-corrected chi connectivity index (χ0v) is 16.6. The largest absolute Gasteiger partial charge is 2.00 e. The number of hydrogen-bond acceptors (Lipinski definition) is 4. The van der Waals surface area contributed by atoms with Crippen molar-refractivity contribution in [1.82, 2.24) is 0 Å². The number of esters is 1. The van der Waals surface area contributed by atoms with Crippen LogP contribution in [-0.2, 0) is 14.3 Å². The van der Waals surface area contributed by atoms with Gasteiger partial charge in [-0.05, 0) is 37.6 Å². The second-order valence-corrected chi connectivity index (χ2v) is 12.6. The molecule has 1 saturated carbocycles. The van der Waals surface area contributed by atoms with Crippen molar-refractivity contribution in [1.29, 1.82) is 0 Å². The van der Waals surface area contributed by atoms with Crippen molar-refractivity contribution in [2.45, 2.75) is 57.4 Å². The van der Waals surface area contributed by atoms with Gasteiger partial charge in [0.25, 0.3) is 0 Å². The molecule has 0 bridgehead atoms. The van der Waals surface area contributed by atoms with Gasteiger partial charge in [-0.25, -0.2) is 0 Å². The van der Waals surface area contributed by atoms with Crippen molar-refractivity contribution in [3.05, 3.63) is 0 Å². The van der Waals surface area contributed by atoms with E-state index >= 15 is 0 Å². The molecule has 0 aliphatic heterocycles. The maximum Gasteiger partial charge on any atom is 2.00 e. The topological polar surface area (TPSA) is 89.6 Å². The van der Waals surface area contributed by atoms with Gasteiger partial charge in [0.1, 0.15) is 6.04 Å². The van der Waals surface area contributed by atoms with Crippen LogP contribution in [0, 0.1) is 11.8 Å². The van der Waals surface area contributed by atoms with E-state index in [4.69, 9.17) is 15.6 Å². The molecule has 0 radical (unpaired) electrons. The van der Waals surface area contributed by atoms with Crippen LogP contribution in [-0.4, -0.2) is 75.5 Å². The Hall–Kier alpha value is 0.377. The van der Waals surface area contributed by atoms with E-state index < -0.39 is 20.1 Å². The molecule has 3 N–H and O–H groups in total. The third kappa shape index (κ3) is 7.97. The molecule has 0 spiro atoms. The molecule has 7 heteroatoms. The Bertz CT molecular complexity index is 361. The van der Waals surface area contributed by atoms with Crippen LogP contribution in [0.3, 0.4) is 0 Å². The number of carbonyl (C=O) groups excluding carboxylic acids is 1. The van der Waals surface area contributed by atoms with Gasteiger partial charge in [0.05, 0.1) is 12.5 Å². The SMILES string of the molecule is C[Si](C)(C)CCOC(=O)C(N)C1CCC(C(=O)O)CC1.[Ca+2].[H-].[H-]. The van der Waals surface area contributed by atoms with Gasteiger partial charge in [-0.1, -0.05) is 19.6 Å². The van der Waals surface area contributed by atoms with E-state index in [1.165, 1.54) is 0 Å². The van der Waals surface area contributed by atoms with E-state index in [1.54, 1.807) is 0 Å². The molecule has 0 aromatic carbocycles. The predicted octanol–water partition coefficient (Wildman–Crippen LogP) is 1.93. The Morgan fingerprint density at radius 3 is 2.24 bits per heavy atom. The number of hydrogen-bond donors (Lipinski definition) is 2. The third-order valence-corrected chi connectivity index (χ3v) is 5.70. The molecule has 0 heterocycles. The Morgan fingerprint density at radius 1 is 1.29 bits per heavy atom. The summed E-state index contributed by atoms with van der Waals surface area (Å²) in [6, 6.07) is 0.336. The van der Waals surface area contributed by atoms with E-state index in [0.29, 0.717) is 32.3 Å². The van der Waals surface area contributed by atoms with Crippen LogP contribution >= 0.6 is 0 Å². The number of aliphatic carboxylic acids is 1. The van der Waals surface area contributed by atoms with Crippen molar-refractivity contribution >= 4 is 57.8 Å². The minimum absolute atomic E-state index is 0. The van der Waals surface area contributed by atoms with Crippen LogP contribution in [0.2, 0.25) is 25.7 Å². The average molecular weight is 344 g/mol. The van der Waals surface area contributed by atoms with Crippen LogP contribution in [0.4, 0.5) is 0 Å². The number of nitrogens with two attached hydrogens (primary N) is 1. The fourth-order valence-corrected chi connectivity index (χ4v) is 3.19. The van der Waals surface area contributed by atoms with Gasteiger partial charge in [-0.2, -0.15) is 0 Å². The zero-order chi connectivity index (χ0) is 15.3. The van der Waals surface area contributed by atoms with Gasteiger partial charge in [-0.3, -0.25) is 9.59 Å². The average Bonchev–Trinajstić information content (AvgIpc) is 2.36. The van der Waals surface area contributed by atoms with Gasteiger partial charge >= 0.3 is 49.7 Å². The molecule has 0 aromatic rings. The summed E-state index contributed by atoms with van der Waals surface area (Å²) in [7, 11) is -1.20. The first-order chi connectivity index (χ1) is 9.20. The monoisotopic (exact) mass is 343 g/mol. The van der Waals surface area contributed by atoms with Gasteiger partial charge in [0, 0.05) is 8.07 Å². The molecule has 5 nitrogen and oxygen atoms in total. The second-order valence-electron chi connectivity index (χ2n) is 6.95. The minimum atomic E-state index is -1.20. The Balaban J connectivity index is -0.00000133. The minimum Gasteiger partial charge on any atom is -1.00 e. The third-order valence-electron chi connectivity index (χ3n) is 4.00. The molecule has 0 amide bonds. The molecule has 0 aromatic heterocycles. The van der Waals surface area contributed by atoms with Crippen molar-refractivity contribution < 1.29 is 22.3 Å². The standard InChI is InChI=1S/C14H27NO4Si.Ca.2H/c1-20(2,3)9-8-19-14(18)12(15)10-4-6-11(7-5-10)13(16)17;;;/h10-12H,4-9,15H2,1-3H3,(H,16,17);;;/q;+2;2*-1. The first kappa shape index (κ1) is 21.4. The van der Waals surface area contributed by atoms with E-state index in [1.807, 2.05) is 0 Å². The first-order valence-corrected chi connectivity index (χ1v) is 11.1. The molecule has 1 rings (SSSR count). The second kappa shape index (κ2) is 9.50. The van der Waals surface area contributed by atoms with Crippen LogP contribution in [0.15, 0.2) is 0 Å². The molecule has 1 aliphatic carbocycles. The number of carboxylic acids is 1. The van der Waals surface area contributed by atoms with E-state index in [9.17, 15) is 9.59 Å². The van der Waals surface area contributed by atoms with Crippen molar-refractivity contribution in [3.63, 3.8) is 0 Å². The molecular weight excluding hydrogens is 314 g/mol. The first-order valence-electron chi connectivity index (χ1n) is 7.36. The normalized spacial score (nSPS) is 23.8. The Kier molecular flexibility index (Phi) is 9.67. The number of carboxylic acid groups (broad SMARTS) is 1. The quantitative estimate of drug-likeness (QED) is 0.568. The van der Waals surface area contributed by atoms with Crippen LogP contribution in [0.25, 0.3) is 0 Å². The van der Waals surface area contributed by atoms with Crippen LogP contribution in [0.1, 0.15) is 28.5 Å². The number of carbonyl (C=O) groups is 2. The van der Waals surface area contributed by atoms with Gasteiger partial charge in [-0.15, -0.1) is 0 Å². The fraction of sp³-hybridized carbons (Fsp3) is 0.857. The molecule has 120 valence electrons. The van der Waals surface area contributed by atoms with E-state index in [-0.39, 0.29) is 58.4 Å². The molecular formula is C14H29CaNO4Si. The van der Waals surface area contributed by atoms with Gasteiger partial charge in [0.15, 0.2) is 0 Å². The van der Waals surface area contributed by atoms with Crippen molar-refractivity contribution in [2.75, 3.05) is 6.61 Å². The summed E-state index contributed by atoms with van der Waals surface area (Å²) in [5.41, 5.74) is 5.95. The molecule has 1 unspecified atom stereocenters. The molecule has 1 atom stereocenters.